The lowest BCUT2D eigenvalue weighted by atomic mass is 10.1. The van der Waals surface area contributed by atoms with Crippen LogP contribution in [0.25, 0.3) is 0 Å². The lowest BCUT2D eigenvalue weighted by molar-refractivity contribution is -0.113. The molecule has 0 spiro atoms. The molecule has 4 nitrogen and oxygen atoms in total. The van der Waals surface area contributed by atoms with Gasteiger partial charge in [0.1, 0.15) is 6.61 Å². The number of carbonyl (C=O) groups is 2. The molecule has 1 aliphatic heterocycles. The molecule has 1 rings (SSSR count). The van der Waals surface area contributed by atoms with E-state index in [2.05, 4.69) is 6.58 Å². The van der Waals surface area contributed by atoms with E-state index >= 15 is 0 Å². The third kappa shape index (κ3) is 2.64. The van der Waals surface area contributed by atoms with Crippen LogP contribution in [0.5, 0.6) is 0 Å². The summed E-state index contributed by atoms with van der Waals surface area (Å²) in [5, 5.41) is 0. The van der Waals surface area contributed by atoms with Gasteiger partial charge in [0, 0.05) is 12.1 Å². The number of halogens is 1. The molecular formula is C11H14ClNO3. The summed E-state index contributed by atoms with van der Waals surface area (Å²) in [6, 6.07) is -0.274. The molecule has 0 fully saturated rings. The number of carbonyl (C=O) groups excluding carboxylic acids is 2. The largest absolute Gasteiger partial charge is 0.445 e. The second kappa shape index (κ2) is 5.70. The Balaban J connectivity index is 2.60. The molecule has 1 aliphatic rings. The van der Waals surface area contributed by atoms with Gasteiger partial charge >= 0.3 is 6.09 Å². The SMILES string of the molecule is C=CCOC(=O)N1CC=C(C(=O)CCl)[C@H]1C. The first-order chi connectivity index (χ1) is 7.61. The molecule has 1 heterocycles. The highest BCUT2D eigenvalue weighted by molar-refractivity contribution is 6.30. The third-order valence-corrected chi connectivity index (χ3v) is 2.67. The van der Waals surface area contributed by atoms with Gasteiger partial charge in [-0.1, -0.05) is 18.7 Å². The summed E-state index contributed by atoms with van der Waals surface area (Å²) in [5.41, 5.74) is 0.575. The molecule has 5 heteroatoms. The molecule has 0 aromatic rings. The maximum absolute atomic E-state index is 11.5. The van der Waals surface area contributed by atoms with E-state index in [4.69, 9.17) is 16.3 Å². The zero-order valence-corrected chi connectivity index (χ0v) is 9.87. The average molecular weight is 244 g/mol. The number of hydrogen-bond donors (Lipinski definition) is 0. The van der Waals surface area contributed by atoms with E-state index in [0.29, 0.717) is 12.1 Å². The Kier molecular flexibility index (Phi) is 4.55. The first-order valence-corrected chi connectivity index (χ1v) is 5.48. The number of nitrogens with zero attached hydrogens (tertiary/aromatic N) is 1. The van der Waals surface area contributed by atoms with Crippen molar-refractivity contribution < 1.29 is 14.3 Å². The number of alkyl halides is 1. The van der Waals surface area contributed by atoms with Crippen LogP contribution >= 0.6 is 11.6 Å². The van der Waals surface area contributed by atoms with E-state index in [1.165, 1.54) is 11.0 Å². The Morgan fingerprint density at radius 3 is 3.00 bits per heavy atom. The van der Waals surface area contributed by atoms with Gasteiger partial charge in [-0.05, 0) is 6.92 Å². The minimum absolute atomic E-state index is 0.0638. The first kappa shape index (κ1) is 12.8. The molecule has 0 N–H and O–H groups in total. The van der Waals surface area contributed by atoms with Gasteiger partial charge in [-0.3, -0.25) is 9.69 Å². The van der Waals surface area contributed by atoms with Gasteiger partial charge < -0.3 is 4.74 Å². The molecule has 88 valence electrons. The van der Waals surface area contributed by atoms with Crippen molar-refractivity contribution >= 4 is 23.5 Å². The Bertz CT molecular complexity index is 338. The number of ether oxygens (including phenoxy) is 1. The highest BCUT2D eigenvalue weighted by Crippen LogP contribution is 2.20. The molecule has 0 radical (unpaired) electrons. The second-order valence-corrected chi connectivity index (χ2v) is 3.68. The predicted molar refractivity (Wildman–Crippen MR) is 61.5 cm³/mol. The Morgan fingerprint density at radius 2 is 2.44 bits per heavy atom. The minimum Gasteiger partial charge on any atom is -0.445 e. The molecule has 16 heavy (non-hydrogen) atoms. The van der Waals surface area contributed by atoms with Gasteiger partial charge in [0.05, 0.1) is 11.9 Å². The van der Waals surface area contributed by atoms with Crippen LogP contribution in [0, 0.1) is 0 Å². The molecule has 0 bridgehead atoms. The summed E-state index contributed by atoms with van der Waals surface area (Å²) in [7, 11) is 0. The highest BCUT2D eigenvalue weighted by atomic mass is 35.5. The maximum atomic E-state index is 11.5. The first-order valence-electron chi connectivity index (χ1n) is 4.95. The summed E-state index contributed by atoms with van der Waals surface area (Å²) in [6.45, 7) is 5.78. The second-order valence-electron chi connectivity index (χ2n) is 3.41. The third-order valence-electron chi connectivity index (χ3n) is 2.43. The van der Waals surface area contributed by atoms with Crippen LogP contribution in [0.4, 0.5) is 4.79 Å². The normalized spacial score (nSPS) is 19.2. The Labute approximate surface area is 99.5 Å². The van der Waals surface area contributed by atoms with Crippen molar-refractivity contribution in [3.63, 3.8) is 0 Å². The summed E-state index contributed by atoms with van der Waals surface area (Å²) in [5.74, 6) is -0.209. The molecule has 0 aromatic carbocycles. The van der Waals surface area contributed by atoms with Crippen molar-refractivity contribution in [2.24, 2.45) is 0 Å². The van der Waals surface area contributed by atoms with Crippen molar-refractivity contribution in [2.75, 3.05) is 19.0 Å². The number of hydrogen-bond acceptors (Lipinski definition) is 3. The van der Waals surface area contributed by atoms with E-state index in [9.17, 15) is 9.59 Å². The topological polar surface area (TPSA) is 46.6 Å². The van der Waals surface area contributed by atoms with Gasteiger partial charge in [-0.2, -0.15) is 0 Å². The summed E-state index contributed by atoms with van der Waals surface area (Å²) in [4.78, 5) is 24.4. The van der Waals surface area contributed by atoms with Gasteiger partial charge in [-0.15, -0.1) is 11.6 Å². The van der Waals surface area contributed by atoms with Crippen molar-refractivity contribution in [2.45, 2.75) is 13.0 Å². The molecule has 0 unspecified atom stereocenters. The van der Waals surface area contributed by atoms with Gasteiger partial charge in [0.2, 0.25) is 0 Å². The van der Waals surface area contributed by atoms with Crippen LogP contribution in [0.2, 0.25) is 0 Å². The fraction of sp³-hybridized carbons (Fsp3) is 0.455. The fourth-order valence-corrected chi connectivity index (χ4v) is 1.72. The Hall–Kier alpha value is -1.29. The number of amides is 1. The quantitative estimate of drug-likeness (QED) is 0.558. The lowest BCUT2D eigenvalue weighted by Gasteiger charge is -2.22. The average Bonchev–Trinajstić information content (AvgIpc) is 2.67. The smallest absolute Gasteiger partial charge is 0.410 e. The van der Waals surface area contributed by atoms with Gasteiger partial charge in [0.15, 0.2) is 5.78 Å². The Morgan fingerprint density at radius 1 is 1.75 bits per heavy atom. The maximum Gasteiger partial charge on any atom is 0.410 e. The van der Waals surface area contributed by atoms with Gasteiger partial charge in [0.25, 0.3) is 0 Å². The molecule has 0 saturated heterocycles. The lowest BCUT2D eigenvalue weighted by Crippen LogP contribution is -2.37. The van der Waals surface area contributed by atoms with Crippen LogP contribution in [-0.4, -0.2) is 41.8 Å². The van der Waals surface area contributed by atoms with Crippen LogP contribution in [0.3, 0.4) is 0 Å². The fourth-order valence-electron chi connectivity index (χ4n) is 1.56. The summed E-state index contributed by atoms with van der Waals surface area (Å²) >= 11 is 5.47. The standard InChI is InChI=1S/C11H14ClNO3/c1-3-6-16-11(15)13-5-4-9(8(13)2)10(14)7-12/h3-4,8H,1,5-7H2,2H3/t8-/m1/s1. The molecular weight excluding hydrogens is 230 g/mol. The zero-order chi connectivity index (χ0) is 12.1. The van der Waals surface area contributed by atoms with E-state index in [-0.39, 0.29) is 24.3 Å². The van der Waals surface area contributed by atoms with E-state index < -0.39 is 6.09 Å². The number of ketones is 1. The van der Waals surface area contributed by atoms with Crippen LogP contribution in [-0.2, 0) is 9.53 Å². The molecule has 1 atom stereocenters. The summed E-state index contributed by atoms with van der Waals surface area (Å²) in [6.07, 6.45) is 2.77. The summed E-state index contributed by atoms with van der Waals surface area (Å²) < 4.78 is 4.90. The van der Waals surface area contributed by atoms with Crippen molar-refractivity contribution in [3.8, 4) is 0 Å². The number of rotatable bonds is 4. The number of Topliss-reactive ketones (excluding diaryl/α,β-unsaturated/α-hetero) is 1. The van der Waals surface area contributed by atoms with Gasteiger partial charge in [-0.25, -0.2) is 4.79 Å². The zero-order valence-electron chi connectivity index (χ0n) is 9.11. The van der Waals surface area contributed by atoms with Crippen molar-refractivity contribution in [3.05, 3.63) is 24.3 Å². The molecule has 0 saturated carbocycles. The van der Waals surface area contributed by atoms with E-state index in [0.717, 1.165) is 0 Å². The highest BCUT2D eigenvalue weighted by Gasteiger charge is 2.31. The minimum atomic E-state index is -0.443. The van der Waals surface area contributed by atoms with Crippen molar-refractivity contribution in [1.82, 2.24) is 4.90 Å². The van der Waals surface area contributed by atoms with E-state index in [1.54, 1.807) is 13.0 Å². The predicted octanol–water partition coefficient (Wildman–Crippen LogP) is 1.75. The van der Waals surface area contributed by atoms with Crippen LogP contribution in [0.1, 0.15) is 6.92 Å². The van der Waals surface area contributed by atoms with Crippen LogP contribution < -0.4 is 0 Å². The molecule has 0 aliphatic carbocycles. The molecule has 0 aromatic heterocycles. The van der Waals surface area contributed by atoms with Crippen molar-refractivity contribution in [1.29, 1.82) is 0 Å². The van der Waals surface area contributed by atoms with E-state index in [1.807, 2.05) is 0 Å². The molecule has 1 amide bonds. The monoisotopic (exact) mass is 243 g/mol. The van der Waals surface area contributed by atoms with Crippen LogP contribution in [0.15, 0.2) is 24.3 Å².